The van der Waals surface area contributed by atoms with Crippen molar-refractivity contribution in [3.8, 4) is 5.75 Å². The lowest BCUT2D eigenvalue weighted by Gasteiger charge is -2.46. The summed E-state index contributed by atoms with van der Waals surface area (Å²) < 4.78 is 0. The van der Waals surface area contributed by atoms with Gasteiger partial charge in [0, 0.05) is 17.9 Å². The molecular formula is C36H26N4O11. The number of aliphatic hydroxyl groups excluding tert-OH is 2. The number of Topliss-reactive ketones (excluding diaryl/α,β-unsaturated/α-hetero) is 2. The number of rotatable bonds is 5. The van der Waals surface area contributed by atoms with E-state index >= 15 is 0 Å². The van der Waals surface area contributed by atoms with Crippen molar-refractivity contribution in [3.05, 3.63) is 110 Å². The summed E-state index contributed by atoms with van der Waals surface area (Å²) >= 11 is 0. The van der Waals surface area contributed by atoms with E-state index in [1.165, 1.54) is 30.3 Å². The highest BCUT2D eigenvalue weighted by molar-refractivity contribution is 6.24. The van der Waals surface area contributed by atoms with Crippen LogP contribution in [0.1, 0.15) is 71.0 Å². The summed E-state index contributed by atoms with van der Waals surface area (Å²) in [6.07, 6.45) is -0.781. The topological polar surface area (TPSA) is 245 Å². The van der Waals surface area contributed by atoms with Gasteiger partial charge in [-0.15, -0.1) is 0 Å². The van der Waals surface area contributed by atoms with Crippen molar-refractivity contribution in [2.45, 2.75) is 31.4 Å². The molecule has 0 bridgehead atoms. The number of phenols is 1. The first kappa shape index (κ1) is 31.6. The lowest BCUT2D eigenvalue weighted by molar-refractivity contribution is -0.147. The van der Waals surface area contributed by atoms with Crippen LogP contribution >= 0.6 is 0 Å². The zero-order valence-electron chi connectivity index (χ0n) is 26.3. The SMILES string of the molecule is NC(=O)C1=C(O)[C@@]2(O)C(=O)C3=C(O)c4c(O)c(NN5C(=O)c6ccccc6C5=O)cc(CN5C(=O)c6ccccc6C5=O)c4C[C@H]3C[C@H]2CC1=O. The number of benzene rings is 3. The van der Waals surface area contributed by atoms with E-state index in [0.29, 0.717) is 5.01 Å². The largest absolute Gasteiger partial charge is 0.508 e. The van der Waals surface area contributed by atoms with Gasteiger partial charge in [-0.1, -0.05) is 24.3 Å². The lowest BCUT2D eigenvalue weighted by Crippen LogP contribution is -2.58. The lowest BCUT2D eigenvalue weighted by atomic mass is 9.59. The Morgan fingerprint density at radius 2 is 1.39 bits per heavy atom. The Morgan fingerprint density at radius 3 is 1.94 bits per heavy atom. The molecule has 3 atom stereocenters. The number of carbonyl (C=O) groups excluding carboxylic acids is 7. The van der Waals surface area contributed by atoms with Gasteiger partial charge in [0.1, 0.15) is 17.1 Å². The molecule has 51 heavy (non-hydrogen) atoms. The number of ketones is 2. The van der Waals surface area contributed by atoms with Gasteiger partial charge in [-0.2, -0.15) is 5.01 Å². The number of hydrazine groups is 1. The second-order valence-corrected chi connectivity index (χ2v) is 13.0. The summed E-state index contributed by atoms with van der Waals surface area (Å²) in [7, 11) is 0. The molecule has 8 rings (SSSR count). The average molecular weight is 691 g/mol. The predicted molar refractivity (Wildman–Crippen MR) is 173 cm³/mol. The molecular weight excluding hydrogens is 664 g/mol. The molecule has 0 unspecified atom stereocenters. The van der Waals surface area contributed by atoms with Crippen LogP contribution in [0, 0.1) is 11.8 Å². The number of anilines is 1. The first-order chi connectivity index (χ1) is 24.2. The van der Waals surface area contributed by atoms with Crippen LogP contribution < -0.4 is 11.2 Å². The molecule has 3 aromatic carbocycles. The second kappa shape index (κ2) is 10.7. The summed E-state index contributed by atoms with van der Waals surface area (Å²) in [6.45, 7) is -0.396. The number of hydrogen-bond donors (Lipinski definition) is 6. The van der Waals surface area contributed by atoms with E-state index < -0.39 is 99.9 Å². The highest BCUT2D eigenvalue weighted by atomic mass is 16.3. The maximum atomic E-state index is 14.1. The van der Waals surface area contributed by atoms with E-state index in [0.717, 1.165) is 4.90 Å². The van der Waals surface area contributed by atoms with Crippen molar-refractivity contribution in [1.29, 1.82) is 0 Å². The number of nitrogens with one attached hydrogen (secondary N) is 1. The molecule has 5 amide bonds. The minimum Gasteiger partial charge on any atom is -0.508 e. The zero-order valence-corrected chi connectivity index (χ0v) is 26.3. The molecule has 0 spiro atoms. The van der Waals surface area contributed by atoms with E-state index in [1.807, 2.05) is 0 Å². The van der Waals surface area contributed by atoms with Crippen LogP contribution in [-0.2, 0) is 27.3 Å². The molecule has 0 saturated heterocycles. The smallest absolute Gasteiger partial charge is 0.280 e. The molecule has 1 saturated carbocycles. The Labute approximate surface area is 286 Å². The van der Waals surface area contributed by atoms with Crippen molar-refractivity contribution in [2.24, 2.45) is 17.6 Å². The van der Waals surface area contributed by atoms with E-state index in [1.54, 1.807) is 24.3 Å². The molecule has 0 aromatic heterocycles. The number of aromatic hydroxyl groups is 1. The fraction of sp³-hybridized carbons (Fsp3) is 0.194. The maximum absolute atomic E-state index is 14.1. The van der Waals surface area contributed by atoms with Gasteiger partial charge in [0.2, 0.25) is 5.78 Å². The fourth-order valence-electron chi connectivity index (χ4n) is 7.96. The Hall–Kier alpha value is -6.61. The van der Waals surface area contributed by atoms with Gasteiger partial charge in [-0.05, 0) is 60.2 Å². The van der Waals surface area contributed by atoms with E-state index in [-0.39, 0.29) is 57.5 Å². The number of nitrogens with two attached hydrogens (primary N) is 1. The Balaban J connectivity index is 1.28. The number of fused-ring (bicyclic) bond motifs is 5. The number of aliphatic hydroxyl groups is 3. The van der Waals surface area contributed by atoms with Crippen LogP contribution in [0.15, 0.2) is 71.5 Å². The van der Waals surface area contributed by atoms with Gasteiger partial charge < -0.3 is 26.2 Å². The summed E-state index contributed by atoms with van der Waals surface area (Å²) in [5.74, 6) is -11.1. The van der Waals surface area contributed by atoms with Gasteiger partial charge in [-0.3, -0.25) is 43.9 Å². The molecule has 1 fully saturated rings. The fourth-order valence-corrected chi connectivity index (χ4v) is 7.96. The van der Waals surface area contributed by atoms with Crippen LogP contribution in [0.5, 0.6) is 5.75 Å². The molecule has 15 heteroatoms. The Kier molecular flexibility index (Phi) is 6.63. The Morgan fingerprint density at radius 1 is 0.843 bits per heavy atom. The number of hydrogen-bond acceptors (Lipinski definition) is 12. The van der Waals surface area contributed by atoms with Crippen molar-refractivity contribution in [2.75, 3.05) is 5.43 Å². The molecule has 2 heterocycles. The molecule has 5 aliphatic rings. The van der Waals surface area contributed by atoms with Crippen molar-refractivity contribution >= 4 is 52.5 Å². The molecule has 2 aliphatic heterocycles. The summed E-state index contributed by atoms with van der Waals surface area (Å²) in [6, 6.07) is 13.5. The van der Waals surface area contributed by atoms with Gasteiger partial charge in [0.15, 0.2) is 17.1 Å². The summed E-state index contributed by atoms with van der Waals surface area (Å²) in [5.41, 5.74) is 3.88. The maximum Gasteiger partial charge on any atom is 0.280 e. The third kappa shape index (κ3) is 4.18. The van der Waals surface area contributed by atoms with Crippen LogP contribution in [0.2, 0.25) is 0 Å². The van der Waals surface area contributed by atoms with Crippen LogP contribution in [0.25, 0.3) is 5.76 Å². The first-order valence-electron chi connectivity index (χ1n) is 15.8. The summed E-state index contributed by atoms with van der Waals surface area (Å²) in [5, 5.41) is 46.6. The van der Waals surface area contributed by atoms with Gasteiger partial charge in [0.05, 0.1) is 40.0 Å². The molecule has 3 aromatic rings. The number of primary amides is 1. The van der Waals surface area contributed by atoms with Gasteiger partial charge in [0.25, 0.3) is 29.5 Å². The average Bonchev–Trinajstić information content (AvgIpc) is 3.48. The highest BCUT2D eigenvalue weighted by Gasteiger charge is 2.60. The third-order valence-corrected chi connectivity index (χ3v) is 10.4. The zero-order chi connectivity index (χ0) is 36.3. The van der Waals surface area contributed by atoms with Gasteiger partial charge >= 0.3 is 0 Å². The molecule has 0 radical (unpaired) electrons. The van der Waals surface area contributed by atoms with Crippen LogP contribution in [-0.4, -0.2) is 77.0 Å². The molecule has 7 N–H and O–H groups in total. The normalized spacial score (nSPS) is 23.7. The predicted octanol–water partition coefficient (Wildman–Crippen LogP) is 1.84. The van der Waals surface area contributed by atoms with Crippen molar-refractivity contribution in [1.82, 2.24) is 9.91 Å². The monoisotopic (exact) mass is 690 g/mol. The van der Waals surface area contributed by atoms with Crippen molar-refractivity contribution < 1.29 is 54.0 Å². The number of carbonyl (C=O) groups is 7. The van der Waals surface area contributed by atoms with E-state index in [2.05, 4.69) is 5.43 Å². The first-order valence-corrected chi connectivity index (χ1v) is 15.8. The quantitative estimate of drug-likeness (QED) is 0.128. The Bertz CT molecular complexity index is 2250. The van der Waals surface area contributed by atoms with E-state index in [9.17, 15) is 54.0 Å². The minimum atomic E-state index is -2.80. The molecule has 256 valence electrons. The molecule has 3 aliphatic carbocycles. The third-order valence-electron chi connectivity index (χ3n) is 10.4. The van der Waals surface area contributed by atoms with Crippen LogP contribution in [0.3, 0.4) is 0 Å². The molecule has 15 nitrogen and oxygen atoms in total. The van der Waals surface area contributed by atoms with Gasteiger partial charge in [-0.25, -0.2) is 0 Å². The number of phenolic OH excluding ortho intramolecular Hbond substituents is 1. The van der Waals surface area contributed by atoms with Crippen LogP contribution in [0.4, 0.5) is 5.69 Å². The number of imide groups is 2. The van der Waals surface area contributed by atoms with Crippen molar-refractivity contribution in [3.63, 3.8) is 0 Å². The van der Waals surface area contributed by atoms with E-state index in [4.69, 9.17) is 5.73 Å². The number of nitrogens with zero attached hydrogens (tertiary/aromatic N) is 2. The summed E-state index contributed by atoms with van der Waals surface area (Å²) in [4.78, 5) is 93.0. The number of amides is 5. The minimum absolute atomic E-state index is 0.0799. The highest BCUT2D eigenvalue weighted by Crippen LogP contribution is 2.53. The standard InChI is InChI=1S/C36H26N4O11/c37-31(46)26-23(41)12-16-9-14-10-21-15(13-39-32(47)17-5-1-2-6-18(17)33(39)48)11-22(38-40-34(49)19-7-3-4-8-20(19)35(40)50)27(42)25(21)28(43)24(14)29(44)36(16,51)30(26)45/h1-8,11,14,16,38,42-43,45,51H,9-10,12-13H2,(H2,37,46)/t14-,16+,36+/m1/s1. The second-order valence-electron chi connectivity index (χ2n) is 13.0.